The number of benzene rings is 1. The second-order valence-corrected chi connectivity index (χ2v) is 6.06. The van der Waals surface area contributed by atoms with Gasteiger partial charge in [0.25, 0.3) is 5.91 Å². The number of hydrogen-bond acceptors (Lipinski definition) is 5. The predicted octanol–water partition coefficient (Wildman–Crippen LogP) is 2.92. The van der Waals surface area contributed by atoms with Crippen molar-refractivity contribution in [2.75, 3.05) is 11.4 Å². The highest BCUT2D eigenvalue weighted by atomic mass is 16.5. The number of carbonyl (C=O) groups excluding carboxylic acids is 1. The Labute approximate surface area is 143 Å². The van der Waals surface area contributed by atoms with Gasteiger partial charge in [-0.05, 0) is 37.6 Å². The molecule has 0 N–H and O–H groups in total. The Hall–Kier alpha value is -3.15. The van der Waals surface area contributed by atoms with Crippen LogP contribution in [0, 0.1) is 6.92 Å². The van der Waals surface area contributed by atoms with Gasteiger partial charge in [-0.15, -0.1) is 0 Å². The molecule has 0 spiro atoms. The van der Waals surface area contributed by atoms with Crippen molar-refractivity contribution in [3.05, 3.63) is 64.1 Å². The molecule has 1 amide bonds. The molecule has 0 saturated carbocycles. The van der Waals surface area contributed by atoms with Gasteiger partial charge >= 0.3 is 5.63 Å². The van der Waals surface area contributed by atoms with Crippen molar-refractivity contribution in [2.24, 2.45) is 0 Å². The third-order valence-electron chi connectivity index (χ3n) is 4.33. The molecule has 0 bridgehead atoms. The molecule has 4 rings (SSSR count). The van der Waals surface area contributed by atoms with E-state index in [9.17, 15) is 9.59 Å². The summed E-state index contributed by atoms with van der Waals surface area (Å²) in [5.74, 6) is -0.0150. The summed E-state index contributed by atoms with van der Waals surface area (Å²) in [6.45, 7) is 3.96. The minimum Gasteiger partial charge on any atom is -0.471 e. The number of fused-ring (bicyclic) bond motifs is 2. The highest BCUT2D eigenvalue weighted by Gasteiger charge is 2.32. The lowest BCUT2D eigenvalue weighted by atomic mass is 10.0. The van der Waals surface area contributed by atoms with Crippen LogP contribution in [0.5, 0.6) is 5.88 Å². The first-order chi connectivity index (χ1) is 12.1. The number of hydrogen-bond donors (Lipinski definition) is 0. The number of rotatable bonds is 1. The second kappa shape index (κ2) is 5.73. The Morgan fingerprint density at radius 1 is 1.24 bits per heavy atom. The summed E-state index contributed by atoms with van der Waals surface area (Å²) >= 11 is 0. The monoisotopic (exact) mass is 336 g/mol. The molecule has 6 nitrogen and oxygen atoms in total. The van der Waals surface area contributed by atoms with E-state index in [1.165, 1.54) is 4.90 Å². The molecule has 2 aromatic heterocycles. The third-order valence-corrected chi connectivity index (χ3v) is 4.33. The fourth-order valence-electron chi connectivity index (χ4n) is 3.14. The van der Waals surface area contributed by atoms with Crippen molar-refractivity contribution in [2.45, 2.75) is 20.0 Å². The average molecular weight is 336 g/mol. The molecular formula is C19H16N2O4. The van der Waals surface area contributed by atoms with Crippen LogP contribution in [-0.2, 0) is 0 Å². The second-order valence-electron chi connectivity index (χ2n) is 6.06. The van der Waals surface area contributed by atoms with Crippen LogP contribution >= 0.6 is 0 Å². The number of carbonyl (C=O) groups is 1. The minimum atomic E-state index is -0.634. The van der Waals surface area contributed by atoms with E-state index in [1.54, 1.807) is 37.4 Å². The Balaban J connectivity index is 1.88. The van der Waals surface area contributed by atoms with E-state index >= 15 is 0 Å². The van der Waals surface area contributed by atoms with Gasteiger partial charge in [0.2, 0.25) is 5.88 Å². The van der Waals surface area contributed by atoms with Crippen LogP contribution < -0.4 is 15.3 Å². The van der Waals surface area contributed by atoms with Gasteiger partial charge in [0.05, 0.1) is 6.54 Å². The summed E-state index contributed by atoms with van der Waals surface area (Å²) in [6, 6.07) is 10.7. The molecule has 3 heterocycles. The molecule has 25 heavy (non-hydrogen) atoms. The van der Waals surface area contributed by atoms with Crippen LogP contribution in [0.25, 0.3) is 11.0 Å². The average Bonchev–Trinajstić information content (AvgIpc) is 2.60. The lowest BCUT2D eigenvalue weighted by Crippen LogP contribution is -2.44. The molecule has 1 aromatic carbocycles. The molecule has 0 saturated heterocycles. The maximum absolute atomic E-state index is 13.2. The molecule has 0 radical (unpaired) electrons. The van der Waals surface area contributed by atoms with Crippen molar-refractivity contribution in [1.82, 2.24) is 4.98 Å². The lowest BCUT2D eigenvalue weighted by Gasteiger charge is -2.32. The molecule has 126 valence electrons. The molecule has 1 aliphatic rings. The lowest BCUT2D eigenvalue weighted by molar-refractivity contribution is 0.0954. The van der Waals surface area contributed by atoms with Crippen molar-refractivity contribution in [3.63, 3.8) is 0 Å². The van der Waals surface area contributed by atoms with Crippen molar-refractivity contribution < 1.29 is 13.9 Å². The summed E-state index contributed by atoms with van der Waals surface area (Å²) in [4.78, 5) is 31.4. The van der Waals surface area contributed by atoms with Gasteiger partial charge in [0.1, 0.15) is 22.9 Å². The topological polar surface area (TPSA) is 72.6 Å². The van der Waals surface area contributed by atoms with E-state index in [-0.39, 0.29) is 11.7 Å². The van der Waals surface area contributed by atoms with Crippen LogP contribution in [0.2, 0.25) is 0 Å². The Morgan fingerprint density at radius 3 is 2.88 bits per heavy atom. The van der Waals surface area contributed by atoms with Crippen LogP contribution in [0.3, 0.4) is 0 Å². The Bertz CT molecular complexity index is 1040. The Kier molecular flexibility index (Phi) is 3.53. The number of aromatic nitrogens is 1. The zero-order chi connectivity index (χ0) is 17.6. The molecule has 3 aromatic rings. The first kappa shape index (κ1) is 15.4. The number of nitrogens with zero attached hydrogens (tertiary/aromatic N) is 2. The molecule has 6 heteroatoms. The highest BCUT2D eigenvalue weighted by Crippen LogP contribution is 2.32. The maximum Gasteiger partial charge on any atom is 0.349 e. The molecule has 0 aliphatic carbocycles. The maximum atomic E-state index is 13.2. The van der Waals surface area contributed by atoms with Crippen LogP contribution in [0.4, 0.5) is 5.69 Å². The quantitative estimate of drug-likeness (QED) is 0.639. The third kappa shape index (κ3) is 2.46. The molecule has 0 unspecified atom stereocenters. The van der Waals surface area contributed by atoms with Gasteiger partial charge in [-0.3, -0.25) is 9.69 Å². The minimum absolute atomic E-state index is 0.0441. The molecule has 1 atom stereocenters. The molecule has 0 fully saturated rings. The predicted molar refractivity (Wildman–Crippen MR) is 93.2 cm³/mol. The SMILES string of the molecule is Cc1c(C(=O)N2C[C@@H](C)Oc3ncccc32)c(=O)oc2ccccc12. The van der Waals surface area contributed by atoms with Crippen molar-refractivity contribution >= 4 is 22.6 Å². The van der Waals surface area contributed by atoms with E-state index in [0.29, 0.717) is 29.3 Å². The van der Waals surface area contributed by atoms with Crippen LogP contribution in [0.1, 0.15) is 22.8 Å². The van der Waals surface area contributed by atoms with E-state index in [0.717, 1.165) is 5.39 Å². The van der Waals surface area contributed by atoms with Crippen LogP contribution in [0.15, 0.2) is 51.8 Å². The summed E-state index contributed by atoms with van der Waals surface area (Å²) < 4.78 is 11.0. The van der Waals surface area contributed by atoms with E-state index < -0.39 is 11.5 Å². The standard InChI is InChI=1S/C19H16N2O4/c1-11-10-21(14-7-5-9-20-17(14)24-11)18(22)16-12(2)13-6-3-4-8-15(13)25-19(16)23/h3-9,11H,10H2,1-2H3/t11-/m1/s1. The zero-order valence-corrected chi connectivity index (χ0v) is 13.9. The number of ether oxygens (including phenoxy) is 1. The molecule has 1 aliphatic heterocycles. The highest BCUT2D eigenvalue weighted by molar-refractivity contribution is 6.09. The van der Waals surface area contributed by atoms with Crippen molar-refractivity contribution in [1.29, 1.82) is 0 Å². The zero-order valence-electron chi connectivity index (χ0n) is 13.9. The van der Waals surface area contributed by atoms with E-state index in [2.05, 4.69) is 4.98 Å². The first-order valence-corrected chi connectivity index (χ1v) is 8.02. The summed E-state index contributed by atoms with van der Waals surface area (Å²) in [6.07, 6.45) is 1.38. The number of amides is 1. The fourth-order valence-corrected chi connectivity index (χ4v) is 3.14. The largest absolute Gasteiger partial charge is 0.471 e. The smallest absolute Gasteiger partial charge is 0.349 e. The number of pyridine rings is 1. The van der Waals surface area contributed by atoms with Gasteiger partial charge in [-0.2, -0.15) is 0 Å². The first-order valence-electron chi connectivity index (χ1n) is 8.02. The van der Waals surface area contributed by atoms with Gasteiger partial charge in [-0.25, -0.2) is 9.78 Å². The van der Waals surface area contributed by atoms with Crippen molar-refractivity contribution in [3.8, 4) is 5.88 Å². The summed E-state index contributed by atoms with van der Waals surface area (Å²) in [5, 5.41) is 0.748. The molecular weight excluding hydrogens is 320 g/mol. The van der Waals surface area contributed by atoms with Gasteiger partial charge in [0.15, 0.2) is 0 Å². The fraction of sp³-hybridized carbons (Fsp3) is 0.211. The number of aryl methyl sites for hydroxylation is 1. The number of anilines is 1. The normalized spacial score (nSPS) is 16.4. The van der Waals surface area contributed by atoms with Gasteiger partial charge in [-0.1, -0.05) is 18.2 Å². The Morgan fingerprint density at radius 2 is 2.04 bits per heavy atom. The van der Waals surface area contributed by atoms with Gasteiger partial charge < -0.3 is 9.15 Å². The summed E-state index contributed by atoms with van der Waals surface area (Å²) in [5.41, 5.74) is 1.05. The summed E-state index contributed by atoms with van der Waals surface area (Å²) in [7, 11) is 0. The van der Waals surface area contributed by atoms with Gasteiger partial charge in [0, 0.05) is 11.6 Å². The van der Waals surface area contributed by atoms with E-state index in [1.807, 2.05) is 19.1 Å². The van der Waals surface area contributed by atoms with Crippen LogP contribution in [-0.4, -0.2) is 23.5 Å². The van der Waals surface area contributed by atoms with E-state index in [4.69, 9.17) is 9.15 Å². The number of para-hydroxylation sites is 1.